The number of aromatic hydroxyl groups is 2. The van der Waals surface area contributed by atoms with E-state index in [-0.39, 0.29) is 17.5 Å². The van der Waals surface area contributed by atoms with Gasteiger partial charge in [0.05, 0.1) is 6.04 Å². The second-order valence-electron chi connectivity index (χ2n) is 5.05. The number of nitrogens with one attached hydrogen (secondary N) is 1. The number of phenols is 2. The van der Waals surface area contributed by atoms with Crippen LogP contribution in [-0.2, 0) is 0 Å². The maximum atomic E-state index is 9.87. The Morgan fingerprint density at radius 1 is 1.05 bits per heavy atom. The molecule has 2 aromatic carbocycles. The molecule has 0 amide bonds. The summed E-state index contributed by atoms with van der Waals surface area (Å²) >= 11 is 0. The molecule has 0 fully saturated rings. The molecule has 0 aliphatic carbocycles. The fraction of sp³-hybridized carbons (Fsp3) is 0.250. The van der Waals surface area contributed by atoms with Crippen LogP contribution in [0.3, 0.4) is 0 Å². The highest BCUT2D eigenvalue weighted by molar-refractivity contribution is 5.58. The van der Waals surface area contributed by atoms with Gasteiger partial charge in [-0.15, -0.1) is 0 Å². The van der Waals surface area contributed by atoms with Gasteiger partial charge in [-0.1, -0.05) is 6.07 Å². The summed E-state index contributed by atoms with van der Waals surface area (Å²) < 4.78 is 0. The van der Waals surface area contributed by atoms with Gasteiger partial charge in [-0.2, -0.15) is 0 Å². The Labute approximate surface area is 119 Å². The topological polar surface area (TPSA) is 55.7 Å². The molecular formula is C16H20N2O2. The normalized spacial score (nSPS) is 11.9. The Kier molecular flexibility index (Phi) is 4.03. The summed E-state index contributed by atoms with van der Waals surface area (Å²) in [6, 6.07) is 12.6. The smallest absolute Gasteiger partial charge is 0.124 e. The molecule has 2 aromatic rings. The van der Waals surface area contributed by atoms with E-state index in [2.05, 4.69) is 5.32 Å². The molecule has 0 spiro atoms. The van der Waals surface area contributed by atoms with Crippen LogP contribution in [0.1, 0.15) is 18.5 Å². The number of hydrogen-bond donors (Lipinski definition) is 3. The van der Waals surface area contributed by atoms with Crippen molar-refractivity contribution in [2.24, 2.45) is 0 Å². The van der Waals surface area contributed by atoms with E-state index in [0.29, 0.717) is 0 Å². The van der Waals surface area contributed by atoms with Crippen LogP contribution in [0.2, 0.25) is 0 Å². The summed E-state index contributed by atoms with van der Waals surface area (Å²) in [5.74, 6) is 0.154. The van der Waals surface area contributed by atoms with Gasteiger partial charge in [0.25, 0.3) is 0 Å². The summed E-state index contributed by atoms with van der Waals surface area (Å²) in [4.78, 5) is 2.04. The van der Waals surface area contributed by atoms with Crippen LogP contribution < -0.4 is 10.2 Å². The molecule has 0 aliphatic heterocycles. The maximum absolute atomic E-state index is 9.87. The first-order valence-corrected chi connectivity index (χ1v) is 6.53. The molecule has 0 aliphatic rings. The van der Waals surface area contributed by atoms with E-state index in [9.17, 15) is 10.2 Å². The summed E-state index contributed by atoms with van der Waals surface area (Å²) in [6.45, 7) is 1.97. The molecule has 0 bridgehead atoms. The third kappa shape index (κ3) is 3.15. The highest BCUT2D eigenvalue weighted by Gasteiger charge is 2.11. The van der Waals surface area contributed by atoms with Gasteiger partial charge in [0.2, 0.25) is 0 Å². The average Bonchev–Trinajstić information content (AvgIpc) is 2.38. The second kappa shape index (κ2) is 5.74. The first-order valence-electron chi connectivity index (χ1n) is 6.53. The van der Waals surface area contributed by atoms with Crippen molar-refractivity contribution in [3.05, 3.63) is 48.0 Å². The van der Waals surface area contributed by atoms with Crippen molar-refractivity contribution < 1.29 is 10.2 Å². The Hall–Kier alpha value is -2.36. The zero-order valence-electron chi connectivity index (χ0n) is 12.0. The van der Waals surface area contributed by atoms with Crippen molar-refractivity contribution in [1.29, 1.82) is 0 Å². The van der Waals surface area contributed by atoms with E-state index in [0.717, 1.165) is 16.9 Å². The standard InChI is InChI=1S/C16H20N2O2/c1-11(15-8-7-14(19)10-16(15)20)17-12-5-4-6-13(9-12)18(2)3/h4-11,17,19-20H,1-3H3. The number of rotatable bonds is 4. The van der Waals surface area contributed by atoms with Gasteiger partial charge in [0.1, 0.15) is 11.5 Å². The molecule has 0 saturated heterocycles. The Bertz CT molecular complexity index is 597. The van der Waals surface area contributed by atoms with Gasteiger partial charge in [0.15, 0.2) is 0 Å². The highest BCUT2D eigenvalue weighted by Crippen LogP contribution is 2.30. The molecule has 4 heteroatoms. The molecule has 0 radical (unpaired) electrons. The monoisotopic (exact) mass is 272 g/mol. The van der Waals surface area contributed by atoms with E-state index in [1.54, 1.807) is 12.1 Å². The van der Waals surface area contributed by atoms with Crippen LogP contribution in [0.25, 0.3) is 0 Å². The van der Waals surface area contributed by atoms with Gasteiger partial charge in [-0.05, 0) is 37.3 Å². The SMILES string of the molecule is CC(Nc1cccc(N(C)C)c1)c1ccc(O)cc1O. The Balaban J connectivity index is 2.19. The van der Waals surface area contributed by atoms with Gasteiger partial charge in [-0.3, -0.25) is 0 Å². The zero-order valence-corrected chi connectivity index (χ0v) is 12.0. The predicted octanol–water partition coefficient (Wildman–Crippen LogP) is 3.34. The number of anilines is 2. The summed E-state index contributed by atoms with van der Waals surface area (Å²) in [6.07, 6.45) is 0. The van der Waals surface area contributed by atoms with Crippen LogP contribution >= 0.6 is 0 Å². The molecule has 106 valence electrons. The minimum atomic E-state index is -0.0620. The number of nitrogens with zero attached hydrogens (tertiary/aromatic N) is 1. The molecule has 0 saturated carbocycles. The molecule has 1 atom stereocenters. The van der Waals surface area contributed by atoms with E-state index in [4.69, 9.17) is 0 Å². The lowest BCUT2D eigenvalue weighted by Crippen LogP contribution is -2.10. The minimum absolute atomic E-state index is 0.0620. The zero-order chi connectivity index (χ0) is 14.7. The third-order valence-electron chi connectivity index (χ3n) is 3.23. The van der Waals surface area contributed by atoms with Crippen molar-refractivity contribution in [3.8, 4) is 11.5 Å². The van der Waals surface area contributed by atoms with Crippen LogP contribution in [0.5, 0.6) is 11.5 Å². The molecule has 0 heterocycles. The van der Waals surface area contributed by atoms with Crippen molar-refractivity contribution >= 4 is 11.4 Å². The first-order chi connectivity index (χ1) is 9.47. The number of phenolic OH excluding ortho intramolecular Hbond substituents is 2. The lowest BCUT2D eigenvalue weighted by atomic mass is 10.1. The maximum Gasteiger partial charge on any atom is 0.124 e. The van der Waals surface area contributed by atoms with Gasteiger partial charge >= 0.3 is 0 Å². The van der Waals surface area contributed by atoms with Crippen molar-refractivity contribution in [2.45, 2.75) is 13.0 Å². The molecule has 0 aromatic heterocycles. The average molecular weight is 272 g/mol. The molecule has 4 nitrogen and oxygen atoms in total. The van der Waals surface area contributed by atoms with Crippen LogP contribution in [0.15, 0.2) is 42.5 Å². The van der Waals surface area contributed by atoms with Crippen molar-refractivity contribution in [2.75, 3.05) is 24.3 Å². The predicted molar refractivity (Wildman–Crippen MR) is 82.6 cm³/mol. The molecule has 3 N–H and O–H groups in total. The van der Waals surface area contributed by atoms with Gasteiger partial charge < -0.3 is 20.4 Å². The quantitative estimate of drug-likeness (QED) is 0.799. The Morgan fingerprint density at radius 3 is 2.45 bits per heavy atom. The summed E-state index contributed by atoms with van der Waals surface area (Å²) in [5.41, 5.74) is 2.84. The van der Waals surface area contributed by atoms with E-state index in [1.807, 2.05) is 50.2 Å². The second-order valence-corrected chi connectivity index (χ2v) is 5.05. The molecular weight excluding hydrogens is 252 g/mol. The van der Waals surface area contributed by atoms with Crippen molar-refractivity contribution in [3.63, 3.8) is 0 Å². The van der Waals surface area contributed by atoms with E-state index in [1.165, 1.54) is 6.07 Å². The molecule has 2 rings (SSSR count). The molecule has 1 unspecified atom stereocenters. The van der Waals surface area contributed by atoms with E-state index >= 15 is 0 Å². The number of hydrogen-bond acceptors (Lipinski definition) is 4. The largest absolute Gasteiger partial charge is 0.508 e. The highest BCUT2D eigenvalue weighted by atomic mass is 16.3. The van der Waals surface area contributed by atoms with Crippen LogP contribution in [0.4, 0.5) is 11.4 Å². The van der Waals surface area contributed by atoms with Gasteiger partial charge in [-0.25, -0.2) is 0 Å². The fourth-order valence-corrected chi connectivity index (χ4v) is 2.10. The lowest BCUT2D eigenvalue weighted by molar-refractivity contribution is 0.444. The lowest BCUT2D eigenvalue weighted by Gasteiger charge is -2.19. The third-order valence-corrected chi connectivity index (χ3v) is 3.23. The fourth-order valence-electron chi connectivity index (χ4n) is 2.10. The summed E-state index contributed by atoms with van der Waals surface area (Å²) in [5, 5.41) is 22.5. The van der Waals surface area contributed by atoms with Crippen molar-refractivity contribution in [1.82, 2.24) is 0 Å². The first kappa shape index (κ1) is 14.1. The Morgan fingerprint density at radius 2 is 1.80 bits per heavy atom. The van der Waals surface area contributed by atoms with E-state index < -0.39 is 0 Å². The van der Waals surface area contributed by atoms with Crippen LogP contribution in [-0.4, -0.2) is 24.3 Å². The summed E-state index contributed by atoms with van der Waals surface area (Å²) in [7, 11) is 3.99. The molecule has 20 heavy (non-hydrogen) atoms. The van der Waals surface area contributed by atoms with Crippen LogP contribution in [0, 0.1) is 0 Å². The minimum Gasteiger partial charge on any atom is -0.508 e. The number of benzene rings is 2. The van der Waals surface area contributed by atoms with Gasteiger partial charge in [0, 0.05) is 37.1 Å².